The highest BCUT2D eigenvalue weighted by Gasteiger charge is 2.10. The molecule has 1 heterocycles. The minimum absolute atomic E-state index is 0.0105. The van der Waals surface area contributed by atoms with Crippen molar-refractivity contribution in [3.8, 4) is 0 Å². The summed E-state index contributed by atoms with van der Waals surface area (Å²) in [4.78, 5) is 28.9. The van der Waals surface area contributed by atoms with Gasteiger partial charge in [-0.3, -0.25) is 9.59 Å². The van der Waals surface area contributed by atoms with E-state index < -0.39 is 0 Å². The fraction of sp³-hybridized carbons (Fsp3) is 0.190. The van der Waals surface area contributed by atoms with Gasteiger partial charge in [0.2, 0.25) is 0 Å². The number of thiazole rings is 1. The van der Waals surface area contributed by atoms with Crippen LogP contribution >= 0.6 is 11.3 Å². The molecule has 7 heteroatoms. The SMILES string of the molecule is C=CCC(=O)c1cnc(Nc2ccc(C(=O)NC/C(=C/C)OC(=C)C)cc2)s1. The minimum atomic E-state index is -0.206. The number of ether oxygens (including phenoxy) is 1. The van der Waals surface area contributed by atoms with Crippen LogP contribution in [0.5, 0.6) is 0 Å². The Hall–Kier alpha value is -3.19. The van der Waals surface area contributed by atoms with Gasteiger partial charge in [0, 0.05) is 17.7 Å². The Kier molecular flexibility index (Phi) is 7.71. The molecule has 28 heavy (non-hydrogen) atoms. The highest BCUT2D eigenvalue weighted by atomic mass is 32.1. The number of Topliss-reactive ketones (excluding diaryl/α,β-unsaturated/α-hetero) is 1. The number of carbonyl (C=O) groups is 2. The van der Waals surface area contributed by atoms with Crippen LogP contribution in [0.4, 0.5) is 10.8 Å². The number of aromatic nitrogens is 1. The first kappa shape index (κ1) is 21.1. The lowest BCUT2D eigenvalue weighted by atomic mass is 10.2. The fourth-order valence-corrected chi connectivity index (χ4v) is 3.00. The predicted octanol–water partition coefficient (Wildman–Crippen LogP) is 4.83. The molecule has 0 atom stereocenters. The zero-order valence-corrected chi connectivity index (χ0v) is 16.8. The third kappa shape index (κ3) is 6.21. The van der Waals surface area contributed by atoms with Gasteiger partial charge in [-0.1, -0.05) is 24.0 Å². The van der Waals surface area contributed by atoms with Crippen molar-refractivity contribution >= 4 is 33.8 Å². The Morgan fingerprint density at radius 3 is 2.61 bits per heavy atom. The van der Waals surface area contributed by atoms with E-state index >= 15 is 0 Å². The molecule has 6 nitrogen and oxygen atoms in total. The van der Waals surface area contributed by atoms with Gasteiger partial charge in [0.1, 0.15) is 5.76 Å². The average molecular weight is 398 g/mol. The molecule has 0 radical (unpaired) electrons. The molecule has 1 aromatic heterocycles. The normalized spacial score (nSPS) is 10.9. The summed E-state index contributed by atoms with van der Waals surface area (Å²) in [6, 6.07) is 6.99. The fourth-order valence-electron chi connectivity index (χ4n) is 2.21. The Labute approximate surface area is 168 Å². The van der Waals surface area contributed by atoms with E-state index in [9.17, 15) is 9.59 Å². The molecule has 2 aromatic rings. The molecule has 0 aliphatic carbocycles. The van der Waals surface area contributed by atoms with Crippen LogP contribution in [-0.2, 0) is 4.74 Å². The monoisotopic (exact) mass is 397 g/mol. The largest absolute Gasteiger partial charge is 0.465 e. The zero-order valence-electron chi connectivity index (χ0n) is 16.0. The third-order valence-electron chi connectivity index (χ3n) is 3.56. The summed E-state index contributed by atoms with van der Waals surface area (Å²) < 4.78 is 5.41. The molecule has 0 fully saturated rings. The Morgan fingerprint density at radius 1 is 1.29 bits per heavy atom. The maximum atomic E-state index is 12.3. The van der Waals surface area contributed by atoms with Crippen LogP contribution in [0.3, 0.4) is 0 Å². The number of hydrogen-bond donors (Lipinski definition) is 2. The van der Waals surface area contributed by atoms with Gasteiger partial charge in [0.25, 0.3) is 5.91 Å². The first-order chi connectivity index (χ1) is 13.4. The standard InChI is InChI=1S/C21H23N3O3S/c1-5-7-18(25)19-13-23-21(28-19)24-16-10-8-15(9-11-16)20(26)22-12-17(6-2)27-14(3)4/h5-6,8-11,13H,1,3,7,12H2,2,4H3,(H,22,26)(H,23,24)/b17-6-. The van der Waals surface area contributed by atoms with E-state index in [4.69, 9.17) is 4.74 Å². The molecule has 0 bridgehead atoms. The number of carbonyl (C=O) groups excluding carboxylic acids is 2. The molecule has 2 rings (SSSR count). The number of amides is 1. The Balaban J connectivity index is 1.94. The summed E-state index contributed by atoms with van der Waals surface area (Å²) >= 11 is 1.28. The maximum Gasteiger partial charge on any atom is 0.251 e. The number of hydrogen-bond acceptors (Lipinski definition) is 6. The second-order valence-electron chi connectivity index (χ2n) is 5.89. The van der Waals surface area contributed by atoms with Crippen molar-refractivity contribution in [2.24, 2.45) is 0 Å². The van der Waals surface area contributed by atoms with E-state index in [1.54, 1.807) is 49.5 Å². The summed E-state index contributed by atoms with van der Waals surface area (Å²) in [5.74, 6) is 0.977. The van der Waals surface area contributed by atoms with Crippen LogP contribution in [0.2, 0.25) is 0 Å². The van der Waals surface area contributed by atoms with Crippen LogP contribution in [0.15, 0.2) is 67.3 Å². The lowest BCUT2D eigenvalue weighted by Gasteiger charge is -2.11. The number of allylic oxidation sites excluding steroid dienone is 3. The molecule has 1 amide bonds. The second kappa shape index (κ2) is 10.2. The highest BCUT2D eigenvalue weighted by Crippen LogP contribution is 2.23. The number of ketones is 1. The van der Waals surface area contributed by atoms with E-state index in [0.717, 1.165) is 5.69 Å². The summed E-state index contributed by atoms with van der Waals surface area (Å²) in [6.07, 6.45) is 5.19. The van der Waals surface area contributed by atoms with E-state index in [0.29, 0.717) is 27.1 Å². The number of anilines is 2. The van der Waals surface area contributed by atoms with E-state index in [1.165, 1.54) is 11.3 Å². The molecule has 0 saturated carbocycles. The third-order valence-corrected chi connectivity index (χ3v) is 4.51. The van der Waals surface area contributed by atoms with Crippen molar-refractivity contribution in [3.63, 3.8) is 0 Å². The predicted molar refractivity (Wildman–Crippen MR) is 113 cm³/mol. The van der Waals surface area contributed by atoms with Gasteiger partial charge in [-0.2, -0.15) is 0 Å². The van der Waals surface area contributed by atoms with Crippen molar-refractivity contribution < 1.29 is 14.3 Å². The molecular formula is C21H23N3O3S. The molecule has 0 saturated heterocycles. The first-order valence-electron chi connectivity index (χ1n) is 8.66. The Bertz CT molecular complexity index is 898. The zero-order chi connectivity index (χ0) is 20.5. The van der Waals surface area contributed by atoms with Crippen LogP contribution < -0.4 is 10.6 Å². The Morgan fingerprint density at radius 2 is 2.00 bits per heavy atom. The smallest absolute Gasteiger partial charge is 0.251 e. The van der Waals surface area contributed by atoms with Crippen LogP contribution in [0, 0.1) is 0 Å². The lowest BCUT2D eigenvalue weighted by Crippen LogP contribution is -2.26. The maximum absolute atomic E-state index is 12.3. The summed E-state index contributed by atoms with van der Waals surface area (Å²) in [5, 5.41) is 6.54. The van der Waals surface area contributed by atoms with E-state index in [2.05, 4.69) is 28.8 Å². The molecule has 0 spiro atoms. The van der Waals surface area contributed by atoms with Gasteiger partial charge in [0.15, 0.2) is 10.9 Å². The topological polar surface area (TPSA) is 80.3 Å². The van der Waals surface area contributed by atoms with Crippen molar-refractivity contribution in [3.05, 3.63) is 77.7 Å². The number of nitrogens with zero attached hydrogens (tertiary/aromatic N) is 1. The van der Waals surface area contributed by atoms with Crippen LogP contribution in [0.1, 0.15) is 40.3 Å². The van der Waals surface area contributed by atoms with Gasteiger partial charge >= 0.3 is 0 Å². The van der Waals surface area contributed by atoms with Crippen molar-refractivity contribution in [1.29, 1.82) is 0 Å². The summed E-state index contributed by atoms with van der Waals surface area (Å²) in [7, 11) is 0. The summed E-state index contributed by atoms with van der Waals surface area (Å²) in [6.45, 7) is 11.1. The number of rotatable bonds is 10. The minimum Gasteiger partial charge on any atom is -0.465 e. The molecule has 2 N–H and O–H groups in total. The van der Waals surface area contributed by atoms with Gasteiger partial charge in [-0.05, 0) is 44.2 Å². The molecule has 0 aliphatic rings. The van der Waals surface area contributed by atoms with Gasteiger partial charge < -0.3 is 15.4 Å². The molecule has 1 aromatic carbocycles. The molecule has 146 valence electrons. The highest BCUT2D eigenvalue weighted by molar-refractivity contribution is 7.17. The summed E-state index contributed by atoms with van der Waals surface area (Å²) in [5.41, 5.74) is 1.30. The van der Waals surface area contributed by atoms with Crippen molar-refractivity contribution in [2.45, 2.75) is 20.3 Å². The number of nitrogens with one attached hydrogen (secondary N) is 2. The molecule has 0 aliphatic heterocycles. The van der Waals surface area contributed by atoms with Gasteiger partial charge in [0.05, 0.1) is 23.4 Å². The molecular weight excluding hydrogens is 374 g/mol. The van der Waals surface area contributed by atoms with Crippen molar-refractivity contribution in [1.82, 2.24) is 10.3 Å². The van der Waals surface area contributed by atoms with Crippen molar-refractivity contribution in [2.75, 3.05) is 11.9 Å². The van der Waals surface area contributed by atoms with E-state index in [1.807, 2.05) is 6.92 Å². The van der Waals surface area contributed by atoms with Crippen LogP contribution in [0.25, 0.3) is 0 Å². The van der Waals surface area contributed by atoms with E-state index in [-0.39, 0.29) is 24.7 Å². The quantitative estimate of drug-likeness (QED) is 0.341. The average Bonchev–Trinajstić information content (AvgIpc) is 3.14. The first-order valence-corrected chi connectivity index (χ1v) is 9.48. The van der Waals surface area contributed by atoms with Crippen LogP contribution in [-0.4, -0.2) is 23.2 Å². The second-order valence-corrected chi connectivity index (χ2v) is 6.92. The van der Waals surface area contributed by atoms with Gasteiger partial charge in [-0.25, -0.2) is 4.98 Å². The number of benzene rings is 1. The molecule has 0 unspecified atom stereocenters. The van der Waals surface area contributed by atoms with Gasteiger partial charge in [-0.15, -0.1) is 6.58 Å². The lowest BCUT2D eigenvalue weighted by molar-refractivity contribution is 0.0949.